The first-order chi connectivity index (χ1) is 19.2. The fourth-order valence-corrected chi connectivity index (χ4v) is 4.54. The molecule has 11 nitrogen and oxygen atoms in total. The highest BCUT2D eigenvalue weighted by Crippen LogP contribution is 2.29. The third kappa shape index (κ3) is 8.85. The zero-order valence-corrected chi connectivity index (χ0v) is 22.9. The van der Waals surface area contributed by atoms with Crippen molar-refractivity contribution in [3.63, 3.8) is 0 Å². The molecule has 40 heavy (non-hydrogen) atoms. The second kappa shape index (κ2) is 14.7. The molecule has 210 valence electrons. The fourth-order valence-electron chi connectivity index (χ4n) is 4.01. The molecule has 0 saturated heterocycles. The van der Waals surface area contributed by atoms with E-state index in [4.69, 9.17) is 34.7 Å². The third-order valence-corrected chi connectivity index (χ3v) is 6.56. The summed E-state index contributed by atoms with van der Waals surface area (Å²) >= 11 is 12.2. The number of nitrogens with one attached hydrogen (secondary N) is 3. The van der Waals surface area contributed by atoms with Gasteiger partial charge in [0, 0.05) is 13.1 Å². The van der Waals surface area contributed by atoms with Crippen LogP contribution in [0, 0.1) is 10.1 Å². The van der Waals surface area contributed by atoms with E-state index >= 15 is 0 Å². The molecular formula is C27H29Cl2N7O4. The molecule has 0 aliphatic rings. The maximum atomic E-state index is 13.7. The number of hydrogen-bond donors (Lipinski definition) is 5. The Morgan fingerprint density at radius 2 is 1.48 bits per heavy atom. The van der Waals surface area contributed by atoms with Gasteiger partial charge in [0.25, 0.3) is 5.96 Å². The van der Waals surface area contributed by atoms with Gasteiger partial charge in [-0.05, 0) is 41.7 Å². The molecule has 0 bridgehead atoms. The first-order valence-electron chi connectivity index (χ1n) is 12.3. The molecule has 3 aromatic rings. The van der Waals surface area contributed by atoms with Crippen LogP contribution in [0.4, 0.5) is 5.69 Å². The standard InChI is InChI=1S/C27H29Cl2N7O4/c28-20-14-17(15-21(29)24(20)30)16-33-25(37)22(12-7-13-32-27(31)35-36(39)40)34-26(38)23(18-8-3-1-4-9-18)19-10-5-2-6-11-19/h1-6,8-11,14-15,22-23H,7,12-13,16,30H2,(H,33,37)(H,34,38)(H3,31,32,35)/t22-/m1/s1. The number of benzene rings is 3. The summed E-state index contributed by atoms with van der Waals surface area (Å²) in [5.74, 6) is -1.82. The Balaban J connectivity index is 1.77. The van der Waals surface area contributed by atoms with Crippen molar-refractivity contribution in [1.82, 2.24) is 16.0 Å². The first-order valence-corrected chi connectivity index (χ1v) is 13.0. The number of nitrogens with two attached hydrogens (primary N) is 2. The van der Waals surface area contributed by atoms with E-state index in [-0.39, 0.29) is 47.1 Å². The van der Waals surface area contributed by atoms with Crippen LogP contribution < -0.4 is 27.4 Å². The zero-order valence-electron chi connectivity index (χ0n) is 21.3. The van der Waals surface area contributed by atoms with E-state index in [1.807, 2.05) is 60.7 Å². The molecule has 7 N–H and O–H groups in total. The maximum Gasteiger partial charge on any atom is 0.266 e. The highest BCUT2D eigenvalue weighted by Gasteiger charge is 2.27. The molecule has 0 radical (unpaired) electrons. The van der Waals surface area contributed by atoms with Crippen LogP contribution in [0.25, 0.3) is 0 Å². The van der Waals surface area contributed by atoms with Gasteiger partial charge >= 0.3 is 0 Å². The van der Waals surface area contributed by atoms with Gasteiger partial charge in [-0.25, -0.2) is 10.1 Å². The van der Waals surface area contributed by atoms with Crippen molar-refractivity contribution in [2.45, 2.75) is 31.3 Å². The summed E-state index contributed by atoms with van der Waals surface area (Å²) in [5.41, 5.74) is 13.7. The van der Waals surface area contributed by atoms with Gasteiger partial charge in [-0.3, -0.25) is 9.59 Å². The smallest absolute Gasteiger partial charge is 0.266 e. The molecule has 0 fully saturated rings. The van der Waals surface area contributed by atoms with Crippen LogP contribution in [-0.2, 0) is 16.1 Å². The third-order valence-electron chi connectivity index (χ3n) is 5.93. The predicted octanol–water partition coefficient (Wildman–Crippen LogP) is 3.38. The Morgan fingerprint density at radius 1 is 0.925 bits per heavy atom. The van der Waals surface area contributed by atoms with E-state index in [0.717, 1.165) is 11.1 Å². The van der Waals surface area contributed by atoms with Gasteiger partial charge in [-0.2, -0.15) is 0 Å². The number of halogens is 2. The van der Waals surface area contributed by atoms with E-state index in [0.29, 0.717) is 12.0 Å². The summed E-state index contributed by atoms with van der Waals surface area (Å²) in [6.45, 7) is 0.277. The summed E-state index contributed by atoms with van der Waals surface area (Å²) in [4.78, 5) is 37.4. The van der Waals surface area contributed by atoms with E-state index in [9.17, 15) is 19.7 Å². The highest BCUT2D eigenvalue weighted by atomic mass is 35.5. The zero-order chi connectivity index (χ0) is 29.1. The summed E-state index contributed by atoms with van der Waals surface area (Å²) in [5, 5.41) is 21.4. The molecule has 0 aliphatic heterocycles. The highest BCUT2D eigenvalue weighted by molar-refractivity contribution is 6.38. The van der Waals surface area contributed by atoms with Gasteiger partial charge < -0.3 is 27.4 Å². The normalized spacial score (nSPS) is 12.0. The number of nitro groups is 1. The lowest BCUT2D eigenvalue weighted by atomic mass is 9.90. The van der Waals surface area contributed by atoms with Crippen LogP contribution in [-0.4, -0.2) is 35.4 Å². The molecule has 0 aliphatic carbocycles. The SMILES string of the molecule is NC(=N[N+](=O)[O-])NCCC[C@@H](NC(=O)C(c1ccccc1)c1ccccc1)C(=O)NCc1cc(Cl)c(N)c(Cl)c1. The van der Waals surface area contributed by atoms with Gasteiger partial charge in [0.15, 0.2) is 5.03 Å². The minimum absolute atomic E-state index is 0.0897. The van der Waals surface area contributed by atoms with Crippen molar-refractivity contribution >= 4 is 46.7 Å². The molecule has 2 amide bonds. The summed E-state index contributed by atoms with van der Waals surface area (Å²) < 4.78 is 0. The molecule has 13 heteroatoms. The van der Waals surface area contributed by atoms with Gasteiger partial charge in [-0.1, -0.05) is 83.9 Å². The van der Waals surface area contributed by atoms with Crippen molar-refractivity contribution in [3.8, 4) is 0 Å². The van der Waals surface area contributed by atoms with E-state index in [1.54, 1.807) is 12.1 Å². The van der Waals surface area contributed by atoms with E-state index in [2.05, 4.69) is 21.1 Å². The molecule has 0 aromatic heterocycles. The number of nitrogen functional groups attached to an aromatic ring is 1. The van der Waals surface area contributed by atoms with Crippen LogP contribution in [0.3, 0.4) is 0 Å². The number of nitrogens with zero attached hydrogens (tertiary/aromatic N) is 2. The lowest BCUT2D eigenvalue weighted by Gasteiger charge is -2.23. The largest absolute Gasteiger partial charge is 0.396 e. The second-order valence-electron chi connectivity index (χ2n) is 8.80. The van der Waals surface area contributed by atoms with Crippen LogP contribution in [0.5, 0.6) is 0 Å². The molecule has 0 spiro atoms. The molecule has 3 rings (SSSR count). The second-order valence-corrected chi connectivity index (χ2v) is 9.61. The number of carbonyl (C=O) groups is 2. The number of rotatable bonds is 12. The van der Waals surface area contributed by atoms with Crippen LogP contribution in [0.1, 0.15) is 35.4 Å². The van der Waals surface area contributed by atoms with Crippen LogP contribution in [0.2, 0.25) is 10.0 Å². The lowest BCUT2D eigenvalue weighted by Crippen LogP contribution is -2.48. The van der Waals surface area contributed by atoms with Crippen LogP contribution >= 0.6 is 23.2 Å². The van der Waals surface area contributed by atoms with Gasteiger partial charge in [0.05, 0.1) is 21.7 Å². The quantitative estimate of drug-likeness (QED) is 0.0539. The number of guanidine groups is 1. The Morgan fingerprint density at radius 3 is 2.00 bits per heavy atom. The minimum Gasteiger partial charge on any atom is -0.396 e. The average molecular weight is 586 g/mol. The Bertz CT molecular complexity index is 1290. The number of anilines is 1. The van der Waals surface area contributed by atoms with Crippen LogP contribution in [0.15, 0.2) is 77.9 Å². The molecule has 0 heterocycles. The Labute approximate surface area is 241 Å². The van der Waals surface area contributed by atoms with Gasteiger partial charge in [0.2, 0.25) is 11.8 Å². The number of hydrogen-bond acceptors (Lipinski definition) is 5. The summed E-state index contributed by atoms with van der Waals surface area (Å²) in [6, 6.07) is 20.7. The molecule has 3 aromatic carbocycles. The fraction of sp³-hybridized carbons (Fsp3) is 0.222. The van der Waals surface area contributed by atoms with E-state index < -0.39 is 22.9 Å². The van der Waals surface area contributed by atoms with Gasteiger partial charge in [0.1, 0.15) is 11.1 Å². The van der Waals surface area contributed by atoms with Crippen molar-refractivity contribution in [2.75, 3.05) is 12.3 Å². The van der Waals surface area contributed by atoms with Crippen molar-refractivity contribution < 1.29 is 14.6 Å². The monoisotopic (exact) mass is 585 g/mol. The lowest BCUT2D eigenvalue weighted by molar-refractivity contribution is -0.485. The summed E-state index contributed by atoms with van der Waals surface area (Å²) in [6.07, 6.45) is 0.545. The van der Waals surface area contributed by atoms with Gasteiger partial charge in [-0.15, -0.1) is 0 Å². The minimum atomic E-state index is -0.933. The maximum absolute atomic E-state index is 13.7. The first kappa shape index (κ1) is 30.2. The van der Waals surface area contributed by atoms with Crippen molar-refractivity contribution in [2.24, 2.45) is 10.8 Å². The Kier molecular flexibility index (Phi) is 11.1. The molecular weight excluding hydrogens is 557 g/mol. The number of carbonyl (C=O) groups excluding carboxylic acids is 2. The van der Waals surface area contributed by atoms with E-state index in [1.165, 1.54) is 0 Å². The van der Waals surface area contributed by atoms with Crippen molar-refractivity contribution in [3.05, 3.63) is 110 Å². The predicted molar refractivity (Wildman–Crippen MR) is 155 cm³/mol. The molecule has 1 atom stereocenters. The number of hydrazone groups is 1. The number of amides is 2. The van der Waals surface area contributed by atoms with Crippen molar-refractivity contribution in [1.29, 1.82) is 0 Å². The molecule has 0 unspecified atom stereocenters. The average Bonchev–Trinajstić information content (AvgIpc) is 2.93. The topological polar surface area (TPSA) is 178 Å². The summed E-state index contributed by atoms with van der Waals surface area (Å²) in [7, 11) is 0. The Hall–Kier alpha value is -4.35. The molecule has 0 saturated carbocycles.